The smallest absolute Gasteiger partial charge is 0.263 e. The average molecular weight is 584 g/mol. The topological polar surface area (TPSA) is 37.4 Å². The molecule has 0 aliphatic carbocycles. The molecule has 0 N–H and O–H groups in total. The Labute approximate surface area is 247 Å². The summed E-state index contributed by atoms with van der Waals surface area (Å²) < 4.78 is 0. The summed E-state index contributed by atoms with van der Waals surface area (Å²) in [4.78, 5) is 36.6. The number of carbonyl (C=O) groups is 2. The molecule has 1 unspecified atom stereocenters. The number of amides is 2. The normalized spacial score (nSPS) is 15.0. The molecule has 0 aromatic carbocycles. The predicted molar refractivity (Wildman–Crippen MR) is 171 cm³/mol. The number of aryl methyl sites for hydroxylation is 2. The summed E-state index contributed by atoms with van der Waals surface area (Å²) in [6.07, 6.45) is 5.21. The Morgan fingerprint density at radius 1 is 0.795 bits per heavy atom. The van der Waals surface area contributed by atoms with Gasteiger partial charge in [-0.3, -0.25) is 14.5 Å². The van der Waals surface area contributed by atoms with Crippen LogP contribution in [0.5, 0.6) is 0 Å². The third-order valence-corrected chi connectivity index (χ3v) is 13.1. The molecule has 1 atom stereocenters. The second-order valence-electron chi connectivity index (χ2n) is 12.9. The van der Waals surface area contributed by atoms with Crippen LogP contribution in [0.2, 0.25) is 0 Å². The van der Waals surface area contributed by atoms with Gasteiger partial charge in [-0.05, 0) is 66.7 Å². The van der Waals surface area contributed by atoms with E-state index in [1.165, 1.54) is 25.8 Å². The maximum Gasteiger partial charge on any atom is 0.263 e. The van der Waals surface area contributed by atoms with E-state index in [0.717, 1.165) is 46.7 Å². The summed E-state index contributed by atoms with van der Waals surface area (Å²) in [5.41, 5.74) is 3.78. The van der Waals surface area contributed by atoms with E-state index in [9.17, 15) is 9.59 Å². The molecule has 3 nitrogen and oxygen atoms in total. The Bertz CT molecular complexity index is 1380. The van der Waals surface area contributed by atoms with Gasteiger partial charge in [0.2, 0.25) is 0 Å². The Kier molecular flexibility index (Phi) is 8.72. The molecular formula is C33H45NO2S3. The van der Waals surface area contributed by atoms with Crippen molar-refractivity contribution in [3.63, 3.8) is 0 Å². The minimum Gasteiger partial charge on any atom is -0.274 e. The van der Waals surface area contributed by atoms with Crippen LogP contribution in [0.3, 0.4) is 0 Å². The average Bonchev–Trinajstić information content (AvgIpc) is 3.61. The van der Waals surface area contributed by atoms with Crippen molar-refractivity contribution in [3.05, 3.63) is 44.1 Å². The zero-order valence-electron chi connectivity index (χ0n) is 25.5. The molecule has 4 rings (SSSR count). The van der Waals surface area contributed by atoms with Crippen molar-refractivity contribution in [2.45, 2.75) is 112 Å². The zero-order chi connectivity index (χ0) is 28.9. The van der Waals surface area contributed by atoms with E-state index in [-0.39, 0.29) is 22.6 Å². The van der Waals surface area contributed by atoms with Crippen LogP contribution in [-0.4, -0.2) is 23.3 Å². The molecule has 3 aromatic heterocycles. The van der Waals surface area contributed by atoms with Gasteiger partial charge in [-0.1, -0.05) is 74.7 Å². The highest BCUT2D eigenvalue weighted by Crippen LogP contribution is 2.51. The molecule has 0 fully saturated rings. The van der Waals surface area contributed by atoms with Crippen molar-refractivity contribution in [1.82, 2.24) is 4.90 Å². The number of hydrogen-bond donors (Lipinski definition) is 0. The third-order valence-electron chi connectivity index (χ3n) is 8.27. The van der Waals surface area contributed by atoms with Gasteiger partial charge in [-0.15, -0.1) is 34.0 Å². The maximum atomic E-state index is 14.0. The summed E-state index contributed by atoms with van der Waals surface area (Å²) in [6, 6.07) is 4.58. The van der Waals surface area contributed by atoms with E-state index in [4.69, 9.17) is 0 Å². The minimum absolute atomic E-state index is 0.0814. The fourth-order valence-corrected chi connectivity index (χ4v) is 9.65. The molecule has 39 heavy (non-hydrogen) atoms. The molecule has 0 spiro atoms. The molecule has 4 heterocycles. The zero-order valence-corrected chi connectivity index (χ0v) is 27.9. The lowest BCUT2D eigenvalue weighted by Crippen LogP contribution is -2.35. The van der Waals surface area contributed by atoms with E-state index in [1.807, 2.05) is 11.3 Å². The monoisotopic (exact) mass is 583 g/mol. The van der Waals surface area contributed by atoms with Gasteiger partial charge in [-0.2, -0.15) is 0 Å². The second-order valence-corrected chi connectivity index (χ2v) is 16.0. The van der Waals surface area contributed by atoms with Crippen molar-refractivity contribution < 1.29 is 9.59 Å². The molecule has 0 saturated heterocycles. The molecule has 0 radical (unpaired) electrons. The fourth-order valence-electron chi connectivity index (χ4n) is 5.52. The quantitative estimate of drug-likeness (QED) is 0.223. The summed E-state index contributed by atoms with van der Waals surface area (Å²) in [5, 5.41) is 0. The summed E-state index contributed by atoms with van der Waals surface area (Å²) in [6.45, 7) is 22.6. The third kappa shape index (κ3) is 5.58. The number of rotatable bonds is 10. The first-order valence-electron chi connectivity index (χ1n) is 14.5. The lowest BCUT2D eigenvalue weighted by molar-refractivity contribution is 0.0623. The van der Waals surface area contributed by atoms with E-state index in [1.54, 1.807) is 27.6 Å². The van der Waals surface area contributed by atoms with Crippen LogP contribution in [0.1, 0.15) is 129 Å². The van der Waals surface area contributed by atoms with Crippen molar-refractivity contribution in [2.75, 3.05) is 6.54 Å². The van der Waals surface area contributed by atoms with E-state index < -0.39 is 0 Å². The molecular weight excluding hydrogens is 539 g/mol. The lowest BCUT2D eigenvalue weighted by Gasteiger charge is -2.24. The number of unbranched alkanes of at least 4 members (excludes halogenated alkanes) is 1. The van der Waals surface area contributed by atoms with Crippen LogP contribution in [0, 0.1) is 19.8 Å². The largest absolute Gasteiger partial charge is 0.274 e. The molecule has 1 aliphatic rings. The van der Waals surface area contributed by atoms with E-state index in [2.05, 4.69) is 81.4 Å². The van der Waals surface area contributed by atoms with E-state index >= 15 is 0 Å². The molecule has 0 saturated carbocycles. The number of imide groups is 1. The molecule has 1 aliphatic heterocycles. The first-order chi connectivity index (χ1) is 18.2. The predicted octanol–water partition coefficient (Wildman–Crippen LogP) is 10.6. The van der Waals surface area contributed by atoms with Gasteiger partial charge in [-0.25, -0.2) is 0 Å². The summed E-state index contributed by atoms with van der Waals surface area (Å²) >= 11 is 5.32. The Hall–Kier alpha value is -1.76. The van der Waals surface area contributed by atoms with Crippen LogP contribution in [0.4, 0.5) is 0 Å². The summed E-state index contributed by atoms with van der Waals surface area (Å²) in [5.74, 6) is 0.179. The molecule has 212 valence electrons. The number of nitrogens with zero attached hydrogens (tertiary/aromatic N) is 1. The first kappa shape index (κ1) is 30.2. The number of carbonyl (C=O) groups excluding carboxylic acids is 2. The van der Waals surface area contributed by atoms with Gasteiger partial charge in [0, 0.05) is 30.9 Å². The van der Waals surface area contributed by atoms with Crippen LogP contribution in [0.25, 0.3) is 19.5 Å². The minimum atomic E-state index is -0.175. The number of hydrogen-bond acceptors (Lipinski definition) is 5. The van der Waals surface area contributed by atoms with Crippen molar-refractivity contribution >= 4 is 45.8 Å². The Morgan fingerprint density at radius 3 is 1.97 bits per heavy atom. The van der Waals surface area contributed by atoms with Crippen LogP contribution in [-0.2, 0) is 10.8 Å². The lowest BCUT2D eigenvalue weighted by atomic mass is 9.85. The van der Waals surface area contributed by atoms with Crippen molar-refractivity contribution in [3.8, 4) is 19.5 Å². The van der Waals surface area contributed by atoms with Gasteiger partial charge in [0.15, 0.2) is 0 Å². The SMILES string of the molecule is CCCCC(CC)CN1C(=O)c2c(-c3sc(-c4cc(C)c(C(C)(C)C)s4)cc3C)sc(C(C)(C)CC)c2C1=O. The maximum absolute atomic E-state index is 14.0. The molecule has 3 aromatic rings. The van der Waals surface area contributed by atoms with Crippen molar-refractivity contribution in [2.24, 2.45) is 5.92 Å². The fraction of sp³-hybridized carbons (Fsp3) is 0.576. The number of thiophene rings is 3. The highest BCUT2D eigenvalue weighted by molar-refractivity contribution is 7.27. The highest BCUT2D eigenvalue weighted by atomic mass is 32.1. The molecule has 2 amide bonds. The molecule has 0 bridgehead atoms. The first-order valence-corrected chi connectivity index (χ1v) is 17.0. The number of fused-ring (bicyclic) bond motifs is 1. The van der Waals surface area contributed by atoms with Crippen molar-refractivity contribution in [1.29, 1.82) is 0 Å². The molecule has 6 heteroatoms. The van der Waals surface area contributed by atoms with Gasteiger partial charge in [0.25, 0.3) is 11.8 Å². The van der Waals surface area contributed by atoms with Gasteiger partial charge in [0.1, 0.15) is 0 Å². The Morgan fingerprint density at radius 2 is 1.41 bits per heavy atom. The van der Waals surface area contributed by atoms with Crippen LogP contribution < -0.4 is 0 Å². The second kappa shape index (κ2) is 11.3. The van der Waals surface area contributed by atoms with Gasteiger partial charge >= 0.3 is 0 Å². The summed E-state index contributed by atoms with van der Waals surface area (Å²) in [7, 11) is 0. The van der Waals surface area contributed by atoms with Gasteiger partial charge < -0.3 is 0 Å². The standard InChI is InChI=1S/C33H45NO2S3/c1-11-14-15-21(12-2)18-34-30(35)24-25(31(34)36)29(33(9,10)13-3)39-27(24)26-19(4)16-22(37-26)23-17-20(5)28(38-23)32(6,7)8/h16-17,21H,11-15,18H2,1-10H3. The van der Waals surface area contributed by atoms with Crippen LogP contribution >= 0.6 is 34.0 Å². The van der Waals surface area contributed by atoms with Crippen LogP contribution in [0.15, 0.2) is 12.1 Å². The highest BCUT2D eigenvalue weighted by Gasteiger charge is 2.45. The van der Waals surface area contributed by atoms with E-state index in [0.29, 0.717) is 23.6 Å². The Balaban J connectivity index is 1.81. The van der Waals surface area contributed by atoms with Gasteiger partial charge in [0.05, 0.1) is 16.0 Å².